The number of nitrogen functional groups attached to an aromatic ring is 1. The highest BCUT2D eigenvalue weighted by Gasteiger charge is 2.71. The van der Waals surface area contributed by atoms with Crippen LogP contribution in [0.3, 0.4) is 0 Å². The fourth-order valence-corrected chi connectivity index (χ4v) is 6.85. The predicted octanol–water partition coefficient (Wildman–Crippen LogP) is -0.384. The topological polar surface area (TPSA) is 140 Å². The lowest BCUT2D eigenvalue weighted by Gasteiger charge is -2.51. The number of aliphatic hydroxyl groups excluding tert-OH is 2. The molecule has 0 amide bonds. The first-order valence-corrected chi connectivity index (χ1v) is 11.5. The van der Waals surface area contributed by atoms with Crippen molar-refractivity contribution in [2.24, 2.45) is 5.41 Å². The van der Waals surface area contributed by atoms with E-state index in [1.807, 2.05) is 33.9 Å². The van der Waals surface area contributed by atoms with E-state index in [1.165, 1.54) is 12.7 Å². The quantitative estimate of drug-likeness (QED) is 0.527. The Morgan fingerprint density at radius 2 is 1.96 bits per heavy atom. The minimum absolute atomic E-state index is 0.228. The molecule has 4 atom stereocenters. The molecule has 0 unspecified atom stereocenters. The second kappa shape index (κ2) is 5.96. The first-order chi connectivity index (χ1) is 12.0. The van der Waals surface area contributed by atoms with E-state index in [9.17, 15) is 15.3 Å². The van der Waals surface area contributed by atoms with E-state index in [0.29, 0.717) is 11.2 Å². The Labute approximate surface area is 153 Å². The van der Waals surface area contributed by atoms with Gasteiger partial charge in [0, 0.05) is 0 Å². The summed E-state index contributed by atoms with van der Waals surface area (Å²) in [4.78, 5) is 12.6. The number of nitrogens with two attached hydrogens (primary N) is 1. The van der Waals surface area contributed by atoms with Crippen molar-refractivity contribution in [1.82, 2.24) is 19.5 Å². The monoisotopic (exact) mass is 381 g/mol. The van der Waals surface area contributed by atoms with Gasteiger partial charge in [-0.2, -0.15) is 0 Å². The summed E-state index contributed by atoms with van der Waals surface area (Å²) in [6.45, 7) is 9.14. The summed E-state index contributed by atoms with van der Waals surface area (Å²) in [6.07, 6.45) is 0.646. The summed E-state index contributed by atoms with van der Waals surface area (Å²) in [5.74, 6) is 0.228. The zero-order chi connectivity index (χ0) is 19.5. The Balaban J connectivity index is 2.38. The molecule has 10 heteroatoms. The van der Waals surface area contributed by atoms with Crippen molar-refractivity contribution in [2.75, 3.05) is 12.3 Å². The van der Waals surface area contributed by atoms with E-state index in [0.717, 1.165) is 0 Å². The maximum absolute atomic E-state index is 11.9. The molecule has 9 nitrogen and oxygen atoms in total. The number of fused-ring (bicyclic) bond motifs is 1. The predicted molar refractivity (Wildman–Crippen MR) is 99.0 cm³/mol. The number of rotatable bonds is 3. The third kappa shape index (κ3) is 2.19. The van der Waals surface area contributed by atoms with Crippen LogP contribution in [0.1, 0.15) is 20.8 Å². The normalized spacial score (nSPS) is 32.7. The van der Waals surface area contributed by atoms with Crippen LogP contribution >= 0.6 is 0 Å². The fraction of sp³-hybridized carbons (Fsp3) is 0.688. The smallest absolute Gasteiger partial charge is 0.167 e. The van der Waals surface area contributed by atoms with Gasteiger partial charge in [-0.25, -0.2) is 15.0 Å². The fourth-order valence-electron chi connectivity index (χ4n) is 4.17. The third-order valence-corrected chi connectivity index (χ3v) is 7.90. The van der Waals surface area contributed by atoms with Gasteiger partial charge in [-0.15, -0.1) is 0 Å². The number of aromatic nitrogens is 4. The Bertz CT molecular complexity index is 823. The van der Waals surface area contributed by atoms with Gasteiger partial charge in [0.05, 0.1) is 12.9 Å². The Morgan fingerprint density at radius 3 is 2.50 bits per heavy atom. The zero-order valence-electron chi connectivity index (χ0n) is 15.7. The second-order valence-corrected chi connectivity index (χ2v) is 11.3. The summed E-state index contributed by atoms with van der Waals surface area (Å²) in [5.41, 5.74) is 4.30. The molecule has 0 bridgehead atoms. The van der Waals surface area contributed by atoms with Gasteiger partial charge in [-0.05, 0) is 5.41 Å². The molecule has 0 spiro atoms. The van der Waals surface area contributed by atoms with E-state index in [2.05, 4.69) is 15.0 Å². The van der Waals surface area contributed by atoms with Crippen LogP contribution in [0, 0.1) is 5.41 Å². The van der Waals surface area contributed by atoms with Crippen molar-refractivity contribution in [3.8, 4) is 0 Å². The van der Waals surface area contributed by atoms with Crippen LogP contribution < -0.4 is 5.73 Å². The van der Waals surface area contributed by atoms with Crippen molar-refractivity contribution >= 4 is 25.8 Å². The summed E-state index contributed by atoms with van der Waals surface area (Å²) in [5, 5.41) is 31.3. The van der Waals surface area contributed by atoms with E-state index < -0.39 is 44.0 Å². The molecule has 1 aliphatic heterocycles. The van der Waals surface area contributed by atoms with E-state index >= 15 is 0 Å². The van der Waals surface area contributed by atoms with E-state index in [-0.39, 0.29) is 5.82 Å². The molecule has 0 radical (unpaired) electrons. The number of ether oxygens (including phenoxy) is 1. The molecule has 1 aliphatic rings. The van der Waals surface area contributed by atoms with Crippen molar-refractivity contribution in [2.45, 2.75) is 57.0 Å². The molecule has 2 aromatic heterocycles. The van der Waals surface area contributed by atoms with Crippen molar-refractivity contribution in [3.05, 3.63) is 12.7 Å². The Hall–Kier alpha value is -1.59. The molecule has 0 saturated carbocycles. The molecule has 144 valence electrons. The number of hydrogen-bond donors (Lipinski definition) is 4. The van der Waals surface area contributed by atoms with Gasteiger partial charge in [-0.1, -0.05) is 33.9 Å². The summed E-state index contributed by atoms with van der Waals surface area (Å²) < 4.78 is 7.91. The first kappa shape index (κ1) is 19.2. The van der Waals surface area contributed by atoms with E-state index in [1.54, 1.807) is 4.57 Å². The number of nitrogens with zero attached hydrogens (tertiary/aromatic N) is 4. The van der Waals surface area contributed by atoms with Gasteiger partial charge in [0.25, 0.3) is 0 Å². The molecule has 3 rings (SSSR count). The lowest BCUT2D eigenvalue weighted by molar-refractivity contribution is -0.195. The number of aliphatic hydroxyl groups is 3. The molecule has 5 N–H and O–H groups in total. The van der Waals surface area contributed by atoms with Gasteiger partial charge >= 0.3 is 0 Å². The summed E-state index contributed by atoms with van der Waals surface area (Å²) >= 11 is 0. The minimum Gasteiger partial charge on any atom is -0.394 e. The average Bonchev–Trinajstić information content (AvgIpc) is 3.08. The van der Waals surface area contributed by atoms with Crippen LogP contribution in [0.5, 0.6) is 0 Å². The lowest BCUT2D eigenvalue weighted by atomic mass is 9.71. The molecular weight excluding hydrogens is 354 g/mol. The Kier molecular flexibility index (Phi) is 4.40. The molecule has 1 fully saturated rings. The van der Waals surface area contributed by atoms with Gasteiger partial charge < -0.3 is 25.8 Å². The Morgan fingerprint density at radius 1 is 1.31 bits per heavy atom. The van der Waals surface area contributed by atoms with Crippen molar-refractivity contribution in [3.63, 3.8) is 0 Å². The first-order valence-electron chi connectivity index (χ1n) is 8.65. The van der Waals surface area contributed by atoms with Gasteiger partial charge in [0.1, 0.15) is 38.4 Å². The second-order valence-electron chi connectivity index (χ2n) is 8.20. The van der Waals surface area contributed by atoms with Gasteiger partial charge in [-0.3, -0.25) is 4.57 Å². The molecule has 1 saturated heterocycles. The average molecular weight is 382 g/mol. The SMILES string of the molecule is C[SiH](C)[C@@]1(n2cnc3c(N)ncnc32)O[C@H](CO)[C@@H](O)[C@]1(O)C(C)(C)C. The highest BCUT2D eigenvalue weighted by molar-refractivity contribution is 6.58. The molecule has 0 aromatic carbocycles. The van der Waals surface area contributed by atoms with Crippen molar-refractivity contribution in [1.29, 1.82) is 0 Å². The number of anilines is 1. The molecule has 3 heterocycles. The molecule has 26 heavy (non-hydrogen) atoms. The molecule has 0 aliphatic carbocycles. The summed E-state index contributed by atoms with van der Waals surface area (Å²) in [7, 11) is -1.91. The minimum atomic E-state index is -1.91. The maximum Gasteiger partial charge on any atom is 0.167 e. The lowest BCUT2D eigenvalue weighted by Crippen LogP contribution is -2.69. The van der Waals surface area contributed by atoms with Crippen LogP contribution in [-0.4, -0.2) is 68.1 Å². The van der Waals surface area contributed by atoms with Crippen LogP contribution in [0.25, 0.3) is 11.2 Å². The van der Waals surface area contributed by atoms with Crippen LogP contribution in [0.15, 0.2) is 12.7 Å². The van der Waals surface area contributed by atoms with Gasteiger partial charge in [0.15, 0.2) is 16.8 Å². The van der Waals surface area contributed by atoms with Crippen LogP contribution in [-0.2, 0) is 10.1 Å². The van der Waals surface area contributed by atoms with Crippen LogP contribution in [0.4, 0.5) is 5.82 Å². The molecule has 2 aromatic rings. The molecular formula is C16H27N5O4Si. The zero-order valence-corrected chi connectivity index (χ0v) is 16.9. The largest absolute Gasteiger partial charge is 0.394 e. The maximum atomic E-state index is 11.9. The third-order valence-electron chi connectivity index (χ3n) is 5.48. The van der Waals surface area contributed by atoms with E-state index in [4.69, 9.17) is 10.5 Å². The number of imidazole rings is 1. The summed E-state index contributed by atoms with van der Waals surface area (Å²) in [6, 6.07) is 0. The van der Waals surface area contributed by atoms with Gasteiger partial charge in [0.2, 0.25) is 0 Å². The standard InChI is InChI=1S/C16H27N5O4Si/c1-14(2,3)15(24)11(23)9(6-22)25-16(15,26(4)5)21-8-20-10-12(17)18-7-19-13(10)21/h7-9,11,22-24,26H,6H2,1-5H3,(H2,17,18,19)/t9-,11-,15+,16+/m1/s1. The van der Waals surface area contributed by atoms with Crippen molar-refractivity contribution < 1.29 is 20.1 Å². The highest BCUT2D eigenvalue weighted by atomic mass is 28.3. The number of hydrogen-bond acceptors (Lipinski definition) is 8. The highest BCUT2D eigenvalue weighted by Crippen LogP contribution is 2.54. The van der Waals surface area contributed by atoms with Crippen LogP contribution in [0.2, 0.25) is 13.1 Å².